The number of aryl methyl sites for hydroxylation is 1. The summed E-state index contributed by atoms with van der Waals surface area (Å²) in [5.74, 6) is 0.525. The van der Waals surface area contributed by atoms with E-state index in [9.17, 15) is 14.9 Å². The van der Waals surface area contributed by atoms with Crippen molar-refractivity contribution in [1.82, 2.24) is 9.88 Å². The first-order valence-corrected chi connectivity index (χ1v) is 10.2. The molecule has 1 fully saturated rings. The van der Waals surface area contributed by atoms with Crippen molar-refractivity contribution in [2.75, 3.05) is 25.0 Å². The number of hydrogen-bond acceptors (Lipinski definition) is 5. The van der Waals surface area contributed by atoms with Gasteiger partial charge in [-0.2, -0.15) is 0 Å². The Bertz CT molecular complexity index is 1080. The van der Waals surface area contributed by atoms with Crippen molar-refractivity contribution in [3.05, 3.63) is 76.0 Å². The number of carbonyl (C=O) groups excluding carboxylic acids is 1. The Morgan fingerprint density at radius 1 is 1.17 bits per heavy atom. The molecule has 1 aromatic heterocycles. The van der Waals surface area contributed by atoms with Crippen LogP contribution in [-0.2, 0) is 0 Å². The Balaban J connectivity index is 1.42. The van der Waals surface area contributed by atoms with E-state index in [-0.39, 0.29) is 11.6 Å². The van der Waals surface area contributed by atoms with Crippen LogP contribution in [0.4, 0.5) is 11.4 Å². The van der Waals surface area contributed by atoms with Crippen LogP contribution in [-0.4, -0.2) is 40.3 Å². The second kappa shape index (κ2) is 8.49. The summed E-state index contributed by atoms with van der Waals surface area (Å²) in [6, 6.07) is 16.4. The third-order valence-electron chi connectivity index (χ3n) is 5.65. The van der Waals surface area contributed by atoms with Gasteiger partial charge in [-0.15, -0.1) is 0 Å². The van der Waals surface area contributed by atoms with Crippen LogP contribution in [0.1, 0.15) is 28.9 Å². The number of non-ortho nitro benzene ring substituents is 1. The molecule has 2 aromatic carbocycles. The van der Waals surface area contributed by atoms with Gasteiger partial charge in [0.1, 0.15) is 0 Å². The minimum absolute atomic E-state index is 0.0204. The van der Waals surface area contributed by atoms with Crippen LogP contribution in [0, 0.1) is 23.0 Å². The molecule has 0 radical (unpaired) electrons. The van der Waals surface area contributed by atoms with Crippen molar-refractivity contribution < 1.29 is 9.72 Å². The molecule has 1 N–H and O–H groups in total. The van der Waals surface area contributed by atoms with E-state index in [1.165, 1.54) is 6.07 Å². The van der Waals surface area contributed by atoms with Crippen LogP contribution >= 0.6 is 0 Å². The molecule has 0 aliphatic carbocycles. The summed E-state index contributed by atoms with van der Waals surface area (Å²) in [7, 11) is 0. The van der Waals surface area contributed by atoms with Gasteiger partial charge in [-0.3, -0.25) is 14.9 Å². The molecule has 4 rings (SSSR count). The predicted octanol–water partition coefficient (Wildman–Crippen LogP) is 4.42. The fourth-order valence-corrected chi connectivity index (χ4v) is 4.01. The smallest absolute Gasteiger partial charge is 0.295 e. The highest BCUT2D eigenvalue weighted by Gasteiger charge is 2.24. The predicted molar refractivity (Wildman–Crippen MR) is 117 cm³/mol. The number of amides is 1. The Hall–Kier alpha value is -3.48. The first-order valence-electron chi connectivity index (χ1n) is 10.2. The summed E-state index contributed by atoms with van der Waals surface area (Å²) in [5, 5.41) is 15.6. The Morgan fingerprint density at radius 3 is 2.60 bits per heavy atom. The van der Waals surface area contributed by atoms with Crippen LogP contribution in [0.3, 0.4) is 0 Å². The highest BCUT2D eigenvalue weighted by Crippen LogP contribution is 2.30. The second-order valence-corrected chi connectivity index (χ2v) is 7.72. The summed E-state index contributed by atoms with van der Waals surface area (Å²) in [6.45, 7) is 4.08. The first kappa shape index (κ1) is 19.8. The summed E-state index contributed by atoms with van der Waals surface area (Å²) < 4.78 is 0. The van der Waals surface area contributed by atoms with Gasteiger partial charge in [0.25, 0.3) is 11.6 Å². The SMILES string of the molecule is Cc1cc(NCC2CCN(C(=O)c3ccccc3)CC2)c2cccc([N+](=O)[O-])c2n1. The average molecular weight is 404 g/mol. The quantitative estimate of drug-likeness (QED) is 0.502. The number of nitrogens with one attached hydrogen (secondary N) is 1. The molecule has 0 unspecified atom stereocenters. The zero-order valence-corrected chi connectivity index (χ0v) is 16.9. The third kappa shape index (κ3) is 4.10. The summed E-state index contributed by atoms with van der Waals surface area (Å²) in [5.41, 5.74) is 2.77. The second-order valence-electron chi connectivity index (χ2n) is 7.72. The van der Waals surface area contributed by atoms with Crippen molar-refractivity contribution in [3.63, 3.8) is 0 Å². The molecule has 7 heteroatoms. The van der Waals surface area contributed by atoms with Crippen molar-refractivity contribution in [1.29, 1.82) is 0 Å². The lowest BCUT2D eigenvalue weighted by molar-refractivity contribution is -0.383. The van der Waals surface area contributed by atoms with Crippen LogP contribution in [0.25, 0.3) is 10.9 Å². The summed E-state index contributed by atoms with van der Waals surface area (Å²) in [4.78, 5) is 29.9. The van der Waals surface area contributed by atoms with Crippen molar-refractivity contribution in [2.24, 2.45) is 5.92 Å². The number of likely N-dealkylation sites (tertiary alicyclic amines) is 1. The van der Waals surface area contributed by atoms with Gasteiger partial charge >= 0.3 is 0 Å². The van der Waals surface area contributed by atoms with Gasteiger partial charge in [0.2, 0.25) is 0 Å². The molecule has 154 valence electrons. The number of anilines is 1. The lowest BCUT2D eigenvalue weighted by Gasteiger charge is -2.32. The first-order chi connectivity index (χ1) is 14.5. The molecule has 2 heterocycles. The van der Waals surface area contributed by atoms with Crippen LogP contribution in [0.2, 0.25) is 0 Å². The van der Waals surface area contributed by atoms with Crippen molar-refractivity contribution in [3.8, 4) is 0 Å². The van der Waals surface area contributed by atoms with E-state index in [1.54, 1.807) is 6.07 Å². The van der Waals surface area contributed by atoms with E-state index in [1.807, 2.05) is 54.3 Å². The van der Waals surface area contributed by atoms with E-state index in [0.29, 0.717) is 11.4 Å². The molecule has 0 atom stereocenters. The van der Waals surface area contributed by atoms with Gasteiger partial charge in [-0.1, -0.05) is 30.3 Å². The summed E-state index contributed by atoms with van der Waals surface area (Å²) in [6.07, 6.45) is 1.85. The minimum Gasteiger partial charge on any atom is -0.384 e. The molecule has 1 aliphatic rings. The number of aromatic nitrogens is 1. The van der Waals surface area contributed by atoms with E-state index in [0.717, 1.165) is 54.8 Å². The molecule has 30 heavy (non-hydrogen) atoms. The van der Waals surface area contributed by atoms with Gasteiger partial charge in [0.15, 0.2) is 5.52 Å². The van der Waals surface area contributed by atoms with Gasteiger partial charge in [-0.25, -0.2) is 4.98 Å². The van der Waals surface area contributed by atoms with Gasteiger partial charge in [0, 0.05) is 48.0 Å². The van der Waals surface area contributed by atoms with Crippen molar-refractivity contribution in [2.45, 2.75) is 19.8 Å². The number of benzene rings is 2. The van der Waals surface area contributed by atoms with E-state index < -0.39 is 4.92 Å². The van der Waals surface area contributed by atoms with Gasteiger partial charge in [-0.05, 0) is 43.9 Å². The molecule has 0 bridgehead atoms. The molecule has 1 saturated heterocycles. The molecule has 7 nitrogen and oxygen atoms in total. The molecule has 0 spiro atoms. The molecule has 1 aliphatic heterocycles. The number of rotatable bonds is 5. The minimum atomic E-state index is -0.391. The number of nitrogens with zero attached hydrogens (tertiary/aromatic N) is 3. The number of pyridine rings is 1. The topological polar surface area (TPSA) is 88.4 Å². The zero-order chi connectivity index (χ0) is 21.1. The Labute approximate surface area is 174 Å². The number of nitro benzene ring substituents is 1. The average Bonchev–Trinajstić information content (AvgIpc) is 2.77. The van der Waals surface area contributed by atoms with E-state index >= 15 is 0 Å². The van der Waals surface area contributed by atoms with E-state index in [4.69, 9.17) is 0 Å². The number of carbonyl (C=O) groups is 1. The number of hydrogen-bond donors (Lipinski definition) is 1. The standard InChI is InChI=1S/C23H24N4O3/c1-16-14-20(19-8-5-9-21(27(29)30)22(19)25-16)24-15-17-10-12-26(13-11-17)23(28)18-6-3-2-4-7-18/h2-9,14,17H,10-13,15H2,1H3,(H,24,25). The summed E-state index contributed by atoms with van der Waals surface area (Å²) >= 11 is 0. The lowest BCUT2D eigenvalue weighted by Crippen LogP contribution is -2.39. The van der Waals surface area contributed by atoms with E-state index in [2.05, 4.69) is 10.3 Å². The fraction of sp³-hybridized carbons (Fsp3) is 0.304. The molecule has 3 aromatic rings. The highest BCUT2D eigenvalue weighted by molar-refractivity contribution is 5.96. The number of nitro groups is 1. The maximum Gasteiger partial charge on any atom is 0.295 e. The Morgan fingerprint density at radius 2 is 1.90 bits per heavy atom. The maximum absolute atomic E-state index is 12.6. The number of piperidine rings is 1. The monoisotopic (exact) mass is 404 g/mol. The fourth-order valence-electron chi connectivity index (χ4n) is 4.01. The van der Waals surface area contributed by atoms with Gasteiger partial charge in [0.05, 0.1) is 4.92 Å². The molecule has 0 saturated carbocycles. The van der Waals surface area contributed by atoms with Crippen LogP contribution < -0.4 is 5.32 Å². The normalized spacial score (nSPS) is 14.6. The van der Waals surface area contributed by atoms with Crippen LogP contribution in [0.5, 0.6) is 0 Å². The molecular formula is C23H24N4O3. The number of para-hydroxylation sites is 1. The largest absolute Gasteiger partial charge is 0.384 e. The molecule has 1 amide bonds. The zero-order valence-electron chi connectivity index (χ0n) is 16.9. The molecular weight excluding hydrogens is 380 g/mol. The highest BCUT2D eigenvalue weighted by atomic mass is 16.6. The maximum atomic E-state index is 12.6. The van der Waals surface area contributed by atoms with Crippen molar-refractivity contribution >= 4 is 28.2 Å². The van der Waals surface area contributed by atoms with Gasteiger partial charge < -0.3 is 10.2 Å². The van der Waals surface area contributed by atoms with Crippen LogP contribution in [0.15, 0.2) is 54.6 Å². The number of fused-ring (bicyclic) bond motifs is 1. The lowest BCUT2D eigenvalue weighted by atomic mass is 9.96. The Kier molecular flexibility index (Phi) is 5.61. The third-order valence-corrected chi connectivity index (χ3v) is 5.65.